The lowest BCUT2D eigenvalue weighted by Crippen LogP contribution is -2.57. The molecule has 0 spiro atoms. The van der Waals surface area contributed by atoms with Gasteiger partial charge < -0.3 is 10.2 Å². The van der Waals surface area contributed by atoms with Crippen LogP contribution in [0.5, 0.6) is 0 Å². The Morgan fingerprint density at radius 2 is 1.67 bits per heavy atom. The molecule has 5 heterocycles. The number of piperidine rings is 2. The number of nitrogens with zero attached hydrogens (tertiary/aromatic N) is 3. The molecule has 0 saturated carbocycles. The first kappa shape index (κ1) is 21.3. The predicted octanol–water partition coefficient (Wildman–Crippen LogP) is 0.848. The Balaban J connectivity index is 1.07. The van der Waals surface area contributed by atoms with Gasteiger partial charge in [-0.05, 0) is 62.4 Å². The zero-order valence-electron chi connectivity index (χ0n) is 19.1. The summed E-state index contributed by atoms with van der Waals surface area (Å²) in [5, 5.41) is 5.96. The molecule has 6 rings (SSSR count). The smallest absolute Gasteiger partial charge is 0.255 e. The summed E-state index contributed by atoms with van der Waals surface area (Å²) in [6, 6.07) is 7.77. The van der Waals surface area contributed by atoms with Crippen LogP contribution in [0.15, 0.2) is 18.2 Å². The standard InChI is InChI=1S/C25H33N5O3/c31-23-6-5-22(24(32)27-23)29-15-17-11-16(1-4-21(17)25(29)33)14-28-9-7-18(8-10-28)30-19-2-3-20(30)13-26-12-19/h1,4,11,18-20,22,26H,2-3,5-10,12-15H2,(H,27,31,32). The van der Waals surface area contributed by atoms with Crippen LogP contribution in [0.4, 0.5) is 0 Å². The summed E-state index contributed by atoms with van der Waals surface area (Å²) in [4.78, 5) is 43.6. The van der Waals surface area contributed by atoms with Crippen molar-refractivity contribution in [3.05, 3.63) is 34.9 Å². The molecule has 3 atom stereocenters. The number of hydrogen-bond donors (Lipinski definition) is 2. The Bertz CT molecular complexity index is 957. The van der Waals surface area contributed by atoms with Crippen molar-refractivity contribution in [1.82, 2.24) is 25.3 Å². The normalized spacial score (nSPS) is 31.2. The molecule has 0 aromatic heterocycles. The van der Waals surface area contributed by atoms with Crippen LogP contribution >= 0.6 is 0 Å². The second-order valence-electron chi connectivity index (χ2n) is 10.4. The highest BCUT2D eigenvalue weighted by molar-refractivity contribution is 6.05. The van der Waals surface area contributed by atoms with Gasteiger partial charge in [-0.2, -0.15) is 0 Å². The maximum absolute atomic E-state index is 12.9. The second kappa shape index (κ2) is 8.49. The van der Waals surface area contributed by atoms with Crippen LogP contribution in [-0.4, -0.2) is 82.8 Å². The van der Waals surface area contributed by atoms with Crippen LogP contribution in [0, 0.1) is 0 Å². The van der Waals surface area contributed by atoms with Crippen molar-refractivity contribution in [2.24, 2.45) is 0 Å². The zero-order valence-corrected chi connectivity index (χ0v) is 19.1. The summed E-state index contributed by atoms with van der Waals surface area (Å²) in [6.07, 6.45) is 5.86. The van der Waals surface area contributed by atoms with Gasteiger partial charge >= 0.3 is 0 Å². The van der Waals surface area contributed by atoms with E-state index in [2.05, 4.69) is 32.6 Å². The van der Waals surface area contributed by atoms with Crippen LogP contribution in [0.2, 0.25) is 0 Å². The van der Waals surface area contributed by atoms with Gasteiger partial charge in [-0.3, -0.25) is 29.5 Å². The van der Waals surface area contributed by atoms with Gasteiger partial charge in [0.1, 0.15) is 6.04 Å². The summed E-state index contributed by atoms with van der Waals surface area (Å²) >= 11 is 0. The molecule has 0 radical (unpaired) electrons. The number of piperazine rings is 1. The highest BCUT2D eigenvalue weighted by Gasteiger charge is 2.41. The molecule has 8 nitrogen and oxygen atoms in total. The molecule has 33 heavy (non-hydrogen) atoms. The molecule has 176 valence electrons. The van der Waals surface area contributed by atoms with Crippen LogP contribution in [-0.2, 0) is 22.7 Å². The van der Waals surface area contributed by atoms with E-state index in [1.807, 2.05) is 6.07 Å². The summed E-state index contributed by atoms with van der Waals surface area (Å²) in [5.41, 5.74) is 2.91. The fraction of sp³-hybridized carbons (Fsp3) is 0.640. The van der Waals surface area contributed by atoms with Crippen molar-refractivity contribution in [2.45, 2.75) is 75.8 Å². The first-order valence-electron chi connectivity index (χ1n) is 12.5. The molecule has 1 aromatic carbocycles. The molecular weight excluding hydrogens is 418 g/mol. The number of amides is 3. The summed E-state index contributed by atoms with van der Waals surface area (Å²) in [5.74, 6) is -0.706. The molecule has 3 amide bonds. The highest BCUT2D eigenvalue weighted by atomic mass is 16.2. The molecule has 8 heteroatoms. The maximum Gasteiger partial charge on any atom is 0.255 e. The molecule has 4 saturated heterocycles. The average Bonchev–Trinajstić information content (AvgIpc) is 3.26. The predicted molar refractivity (Wildman–Crippen MR) is 122 cm³/mol. The molecule has 2 bridgehead atoms. The second-order valence-corrected chi connectivity index (χ2v) is 10.4. The van der Waals surface area contributed by atoms with Crippen molar-refractivity contribution in [2.75, 3.05) is 26.2 Å². The topological polar surface area (TPSA) is 85.0 Å². The van der Waals surface area contributed by atoms with E-state index in [1.54, 1.807) is 4.90 Å². The summed E-state index contributed by atoms with van der Waals surface area (Å²) < 4.78 is 0. The van der Waals surface area contributed by atoms with Crippen LogP contribution in [0.1, 0.15) is 60.0 Å². The van der Waals surface area contributed by atoms with Crippen LogP contribution in [0.3, 0.4) is 0 Å². The first-order chi connectivity index (χ1) is 16.1. The SMILES string of the molecule is O=C1CCC(N2Cc3cc(CN4CCC(N5C6CCC5CNC6)CC4)ccc3C2=O)C(=O)N1. The minimum absolute atomic E-state index is 0.0995. The Morgan fingerprint density at radius 3 is 2.39 bits per heavy atom. The lowest BCUT2D eigenvalue weighted by Gasteiger charge is -2.44. The van der Waals surface area contributed by atoms with E-state index in [0.717, 1.165) is 56.4 Å². The minimum atomic E-state index is -0.551. The number of benzene rings is 1. The van der Waals surface area contributed by atoms with Crippen LogP contribution < -0.4 is 10.6 Å². The number of likely N-dealkylation sites (tertiary alicyclic amines) is 1. The quantitative estimate of drug-likeness (QED) is 0.661. The minimum Gasteiger partial charge on any atom is -0.322 e. The van der Waals surface area contributed by atoms with E-state index >= 15 is 0 Å². The van der Waals surface area contributed by atoms with E-state index < -0.39 is 6.04 Å². The van der Waals surface area contributed by atoms with E-state index in [4.69, 9.17) is 0 Å². The van der Waals surface area contributed by atoms with Crippen molar-refractivity contribution in [3.8, 4) is 0 Å². The number of carbonyl (C=O) groups excluding carboxylic acids is 3. The Morgan fingerprint density at radius 1 is 0.909 bits per heavy atom. The van der Waals surface area contributed by atoms with Gasteiger partial charge in [-0.25, -0.2) is 0 Å². The van der Waals surface area contributed by atoms with Gasteiger partial charge in [-0.15, -0.1) is 0 Å². The molecular formula is C25H33N5O3. The van der Waals surface area contributed by atoms with Gasteiger partial charge in [0.2, 0.25) is 11.8 Å². The highest BCUT2D eigenvalue weighted by Crippen LogP contribution is 2.33. The summed E-state index contributed by atoms with van der Waals surface area (Å²) in [6.45, 7) is 5.89. The van der Waals surface area contributed by atoms with Gasteiger partial charge in [0, 0.05) is 56.3 Å². The van der Waals surface area contributed by atoms with E-state index in [9.17, 15) is 14.4 Å². The first-order valence-corrected chi connectivity index (χ1v) is 12.5. The van der Waals surface area contributed by atoms with Gasteiger partial charge in [0.25, 0.3) is 5.91 Å². The number of imide groups is 1. The van der Waals surface area contributed by atoms with E-state index in [1.165, 1.54) is 31.2 Å². The van der Waals surface area contributed by atoms with E-state index in [-0.39, 0.29) is 24.1 Å². The number of carbonyl (C=O) groups is 3. The molecule has 1 aromatic rings. The van der Waals surface area contributed by atoms with Crippen molar-refractivity contribution >= 4 is 17.7 Å². The molecule has 4 fully saturated rings. The van der Waals surface area contributed by atoms with E-state index in [0.29, 0.717) is 18.5 Å². The van der Waals surface area contributed by atoms with Crippen molar-refractivity contribution in [3.63, 3.8) is 0 Å². The van der Waals surface area contributed by atoms with Crippen molar-refractivity contribution < 1.29 is 14.4 Å². The maximum atomic E-state index is 12.9. The van der Waals surface area contributed by atoms with Gasteiger partial charge in [0.05, 0.1) is 0 Å². The monoisotopic (exact) mass is 451 g/mol. The number of rotatable bonds is 4. The van der Waals surface area contributed by atoms with Gasteiger partial charge in [0.15, 0.2) is 0 Å². The number of fused-ring (bicyclic) bond motifs is 3. The molecule has 5 aliphatic heterocycles. The lowest BCUT2D eigenvalue weighted by atomic mass is 9.99. The third-order valence-electron chi connectivity index (χ3n) is 8.41. The fourth-order valence-corrected chi connectivity index (χ4v) is 6.77. The lowest BCUT2D eigenvalue weighted by molar-refractivity contribution is -0.136. The van der Waals surface area contributed by atoms with Crippen LogP contribution in [0.25, 0.3) is 0 Å². The zero-order chi connectivity index (χ0) is 22.5. The Hall–Kier alpha value is -2.29. The summed E-state index contributed by atoms with van der Waals surface area (Å²) in [7, 11) is 0. The molecule has 5 aliphatic rings. The largest absolute Gasteiger partial charge is 0.322 e. The molecule has 0 aliphatic carbocycles. The third kappa shape index (κ3) is 3.88. The number of nitrogens with one attached hydrogen (secondary N) is 2. The molecule has 2 N–H and O–H groups in total. The van der Waals surface area contributed by atoms with Gasteiger partial charge in [-0.1, -0.05) is 12.1 Å². The van der Waals surface area contributed by atoms with Crippen molar-refractivity contribution in [1.29, 1.82) is 0 Å². The Labute approximate surface area is 194 Å². The fourth-order valence-electron chi connectivity index (χ4n) is 6.77. The Kier molecular flexibility index (Phi) is 5.47. The molecule has 3 unspecified atom stereocenters. The number of hydrogen-bond acceptors (Lipinski definition) is 6. The average molecular weight is 452 g/mol. The third-order valence-corrected chi connectivity index (χ3v) is 8.41.